The van der Waals surface area contributed by atoms with Crippen molar-refractivity contribution in [1.82, 2.24) is 25.0 Å². The van der Waals surface area contributed by atoms with Crippen molar-refractivity contribution in [3.63, 3.8) is 0 Å². The van der Waals surface area contributed by atoms with Crippen LogP contribution in [0.4, 0.5) is 10.2 Å². The van der Waals surface area contributed by atoms with Crippen LogP contribution in [-0.2, 0) is 10.0 Å². The molecule has 2 heterocycles. The van der Waals surface area contributed by atoms with Crippen molar-refractivity contribution in [2.24, 2.45) is 0 Å². The molecular weight excluding hydrogens is 335 g/mol. The maximum Gasteiger partial charge on any atom is 0.263 e. The van der Waals surface area contributed by atoms with E-state index in [1.165, 1.54) is 4.52 Å². The van der Waals surface area contributed by atoms with E-state index in [4.69, 9.17) is 0 Å². The first-order valence-electron chi connectivity index (χ1n) is 6.80. The molecule has 0 unspecified atom stereocenters. The van der Waals surface area contributed by atoms with Gasteiger partial charge in [-0.15, -0.1) is 5.10 Å². The molecule has 8 nitrogen and oxygen atoms in total. The van der Waals surface area contributed by atoms with E-state index in [9.17, 15) is 12.8 Å². The van der Waals surface area contributed by atoms with E-state index in [1.807, 2.05) is 0 Å². The fourth-order valence-electron chi connectivity index (χ4n) is 2.27. The summed E-state index contributed by atoms with van der Waals surface area (Å²) in [5, 5.41) is 11.2. The van der Waals surface area contributed by atoms with Gasteiger partial charge in [0.15, 0.2) is 5.82 Å². The Bertz CT molecular complexity index is 1160. The average Bonchev–Trinajstić information content (AvgIpc) is 3.05. The highest BCUT2D eigenvalue weighted by atomic mass is 32.2. The van der Waals surface area contributed by atoms with Crippen LogP contribution in [0, 0.1) is 5.82 Å². The molecule has 4 rings (SSSR count). The van der Waals surface area contributed by atoms with Gasteiger partial charge in [-0.05, 0) is 46.8 Å². The van der Waals surface area contributed by atoms with Crippen LogP contribution < -0.4 is 4.72 Å². The van der Waals surface area contributed by atoms with Gasteiger partial charge in [0.05, 0.1) is 15.9 Å². The quantitative estimate of drug-likeness (QED) is 0.606. The molecule has 0 amide bonds. The summed E-state index contributed by atoms with van der Waals surface area (Å²) < 4.78 is 41.7. The molecule has 120 valence electrons. The molecule has 4 aromatic rings. The molecule has 0 fully saturated rings. The third-order valence-electron chi connectivity index (χ3n) is 3.38. The number of anilines is 1. The van der Waals surface area contributed by atoms with Crippen molar-refractivity contribution in [2.45, 2.75) is 4.90 Å². The molecule has 0 spiro atoms. The standard InChI is InChI=1S/C14H9FN6O2S/c15-9-5-7-10(8-6-9)24(22,23)18-13-14-17-19-20-21(14)12-4-2-1-3-11(12)16-13/h1-8H,(H,16,18). The number of benzene rings is 2. The van der Waals surface area contributed by atoms with Gasteiger partial charge in [0, 0.05) is 0 Å². The van der Waals surface area contributed by atoms with Gasteiger partial charge in [0.2, 0.25) is 5.65 Å². The molecule has 0 aliphatic heterocycles. The maximum absolute atomic E-state index is 13.0. The topological polar surface area (TPSA) is 102 Å². The molecule has 10 heteroatoms. The van der Waals surface area contributed by atoms with Gasteiger partial charge in [-0.1, -0.05) is 12.1 Å². The van der Waals surface area contributed by atoms with Gasteiger partial charge < -0.3 is 0 Å². The number of nitrogens with one attached hydrogen (secondary N) is 1. The van der Waals surface area contributed by atoms with E-state index in [2.05, 4.69) is 25.2 Å². The van der Waals surface area contributed by atoms with Crippen molar-refractivity contribution in [3.05, 3.63) is 54.3 Å². The Morgan fingerprint density at radius 1 is 1.04 bits per heavy atom. The number of halogens is 1. The maximum atomic E-state index is 13.0. The van der Waals surface area contributed by atoms with Crippen LogP contribution >= 0.6 is 0 Å². The molecular formula is C14H9FN6O2S. The SMILES string of the molecule is O=S(=O)(Nc1nc2ccccc2n2nnnc12)c1ccc(F)cc1. The number of sulfonamides is 1. The summed E-state index contributed by atoms with van der Waals surface area (Å²) in [6.07, 6.45) is 0. The van der Waals surface area contributed by atoms with Gasteiger partial charge in [0.25, 0.3) is 10.0 Å². The van der Waals surface area contributed by atoms with Crippen molar-refractivity contribution in [3.8, 4) is 0 Å². The van der Waals surface area contributed by atoms with Gasteiger partial charge in [-0.2, -0.15) is 4.52 Å². The number of hydrogen-bond donors (Lipinski definition) is 1. The molecule has 0 saturated heterocycles. The third-order valence-corrected chi connectivity index (χ3v) is 4.73. The molecule has 2 aromatic heterocycles. The third kappa shape index (κ3) is 2.33. The monoisotopic (exact) mass is 344 g/mol. The lowest BCUT2D eigenvalue weighted by Gasteiger charge is -2.09. The lowest BCUT2D eigenvalue weighted by molar-refractivity contribution is 0.599. The molecule has 0 bridgehead atoms. The molecule has 0 saturated carbocycles. The average molecular weight is 344 g/mol. The first-order valence-corrected chi connectivity index (χ1v) is 8.28. The summed E-state index contributed by atoms with van der Waals surface area (Å²) in [5.74, 6) is -0.537. The summed E-state index contributed by atoms with van der Waals surface area (Å²) in [5.41, 5.74) is 1.33. The van der Waals surface area contributed by atoms with E-state index < -0.39 is 15.8 Å². The predicted octanol–water partition coefficient (Wildman–Crippen LogP) is 1.61. The Kier molecular flexibility index (Phi) is 3.13. The number of hydrogen-bond acceptors (Lipinski definition) is 6. The minimum atomic E-state index is -3.96. The van der Waals surface area contributed by atoms with Gasteiger partial charge in [-0.25, -0.2) is 17.8 Å². The predicted molar refractivity (Wildman–Crippen MR) is 83.3 cm³/mol. The highest BCUT2D eigenvalue weighted by Crippen LogP contribution is 2.21. The molecule has 0 aliphatic rings. The van der Waals surface area contributed by atoms with Gasteiger partial charge in [0.1, 0.15) is 5.82 Å². The first kappa shape index (κ1) is 14.5. The first-order chi connectivity index (χ1) is 11.5. The van der Waals surface area contributed by atoms with Crippen LogP contribution in [0.3, 0.4) is 0 Å². The van der Waals surface area contributed by atoms with E-state index >= 15 is 0 Å². The van der Waals surface area contributed by atoms with Crippen LogP contribution in [0.25, 0.3) is 16.7 Å². The fourth-order valence-corrected chi connectivity index (χ4v) is 3.28. The van der Waals surface area contributed by atoms with Crippen molar-refractivity contribution < 1.29 is 12.8 Å². The molecule has 1 N–H and O–H groups in total. The Morgan fingerprint density at radius 3 is 2.58 bits per heavy atom. The molecule has 2 aromatic carbocycles. The highest BCUT2D eigenvalue weighted by Gasteiger charge is 2.19. The molecule has 0 aliphatic carbocycles. The fraction of sp³-hybridized carbons (Fsp3) is 0. The van der Waals surface area contributed by atoms with Crippen LogP contribution in [0.5, 0.6) is 0 Å². The van der Waals surface area contributed by atoms with Crippen LogP contribution in [0.1, 0.15) is 0 Å². The number of tetrazole rings is 1. The Morgan fingerprint density at radius 2 is 1.79 bits per heavy atom. The van der Waals surface area contributed by atoms with Crippen molar-refractivity contribution >= 4 is 32.5 Å². The summed E-state index contributed by atoms with van der Waals surface area (Å²) in [7, 11) is -3.96. The zero-order chi connectivity index (χ0) is 16.7. The highest BCUT2D eigenvalue weighted by molar-refractivity contribution is 7.92. The number of fused-ring (bicyclic) bond motifs is 3. The van der Waals surface area contributed by atoms with Crippen LogP contribution in [0.15, 0.2) is 53.4 Å². The zero-order valence-corrected chi connectivity index (χ0v) is 12.8. The summed E-state index contributed by atoms with van der Waals surface area (Å²) in [4.78, 5) is 4.18. The van der Waals surface area contributed by atoms with Gasteiger partial charge >= 0.3 is 0 Å². The van der Waals surface area contributed by atoms with Crippen molar-refractivity contribution in [2.75, 3.05) is 4.72 Å². The second kappa shape index (κ2) is 5.20. The summed E-state index contributed by atoms with van der Waals surface area (Å²) in [6, 6.07) is 11.5. The lowest BCUT2D eigenvalue weighted by atomic mass is 10.3. The van der Waals surface area contributed by atoms with E-state index in [0.29, 0.717) is 11.0 Å². The molecule has 0 radical (unpaired) electrons. The minimum absolute atomic E-state index is 0.0111. The minimum Gasteiger partial charge on any atom is -0.260 e. The van der Waals surface area contributed by atoms with E-state index in [-0.39, 0.29) is 16.4 Å². The van der Waals surface area contributed by atoms with Gasteiger partial charge in [-0.3, -0.25) is 4.72 Å². The van der Waals surface area contributed by atoms with E-state index in [0.717, 1.165) is 24.3 Å². The lowest BCUT2D eigenvalue weighted by Crippen LogP contribution is -2.15. The Balaban J connectivity index is 1.86. The number of para-hydroxylation sites is 2. The van der Waals surface area contributed by atoms with Crippen molar-refractivity contribution in [1.29, 1.82) is 0 Å². The van der Waals surface area contributed by atoms with E-state index in [1.54, 1.807) is 24.3 Å². The van der Waals surface area contributed by atoms with Crippen LogP contribution in [-0.4, -0.2) is 33.4 Å². The normalized spacial score (nSPS) is 11.9. The second-order valence-corrected chi connectivity index (χ2v) is 6.61. The zero-order valence-electron chi connectivity index (χ0n) is 12.0. The Hall–Kier alpha value is -3.14. The molecule has 0 atom stereocenters. The second-order valence-electron chi connectivity index (χ2n) is 4.92. The Labute approximate surface area is 135 Å². The number of rotatable bonds is 3. The largest absolute Gasteiger partial charge is 0.263 e. The molecule has 24 heavy (non-hydrogen) atoms. The number of nitrogens with zero attached hydrogens (tertiary/aromatic N) is 5. The summed E-state index contributed by atoms with van der Waals surface area (Å²) in [6.45, 7) is 0. The smallest absolute Gasteiger partial charge is 0.260 e. The number of aromatic nitrogens is 5. The summed E-state index contributed by atoms with van der Waals surface area (Å²) >= 11 is 0. The van der Waals surface area contributed by atoms with Crippen LogP contribution in [0.2, 0.25) is 0 Å².